The summed E-state index contributed by atoms with van der Waals surface area (Å²) in [5, 5.41) is 0. The number of ether oxygens (including phenoxy) is 1. The van der Waals surface area contributed by atoms with Crippen molar-refractivity contribution in [2.24, 2.45) is 0 Å². The molecule has 2 aromatic carbocycles. The van der Waals surface area contributed by atoms with Gasteiger partial charge in [0.1, 0.15) is 12.4 Å². The van der Waals surface area contributed by atoms with Gasteiger partial charge in [-0.3, -0.25) is 0 Å². The third-order valence-corrected chi connectivity index (χ3v) is 3.32. The molecule has 0 bridgehead atoms. The van der Waals surface area contributed by atoms with Crippen LogP contribution in [-0.4, -0.2) is 0 Å². The molecule has 18 heavy (non-hydrogen) atoms. The predicted molar refractivity (Wildman–Crippen MR) is 79.0 cm³/mol. The molecule has 0 saturated carbocycles. The molecule has 1 nitrogen and oxygen atoms in total. The Bertz CT molecular complexity index is 506. The van der Waals surface area contributed by atoms with E-state index in [1.807, 2.05) is 30.3 Å². The second-order valence-corrected chi connectivity index (χ2v) is 5.53. The molecule has 0 aromatic heterocycles. The molecule has 0 amide bonds. The smallest absolute Gasteiger partial charge is 0.123 e. The summed E-state index contributed by atoms with van der Waals surface area (Å²) in [6, 6.07) is 16.4. The first-order valence-corrected chi connectivity index (χ1v) is 6.92. The van der Waals surface area contributed by atoms with Crippen molar-refractivity contribution >= 4 is 15.9 Å². The van der Waals surface area contributed by atoms with Crippen molar-refractivity contribution in [3.8, 4) is 5.75 Å². The van der Waals surface area contributed by atoms with Crippen molar-refractivity contribution in [2.45, 2.75) is 26.4 Å². The van der Waals surface area contributed by atoms with Gasteiger partial charge in [0.2, 0.25) is 0 Å². The first kappa shape index (κ1) is 13.2. The lowest BCUT2D eigenvalue weighted by molar-refractivity contribution is 0.302. The molecule has 2 aromatic rings. The van der Waals surface area contributed by atoms with Gasteiger partial charge in [0.15, 0.2) is 0 Å². The van der Waals surface area contributed by atoms with Crippen molar-refractivity contribution in [1.29, 1.82) is 0 Å². The van der Waals surface area contributed by atoms with Gasteiger partial charge in [-0.25, -0.2) is 0 Å². The molecule has 0 fully saturated rings. The van der Waals surface area contributed by atoms with Gasteiger partial charge in [0, 0.05) is 4.47 Å². The second kappa shape index (κ2) is 6.05. The van der Waals surface area contributed by atoms with Crippen LogP contribution in [0.25, 0.3) is 0 Å². The molecule has 0 aliphatic carbocycles. The largest absolute Gasteiger partial charge is 0.489 e. The SMILES string of the molecule is CC(C)c1cc(Br)ccc1OCc1ccccc1. The van der Waals surface area contributed by atoms with E-state index in [9.17, 15) is 0 Å². The zero-order valence-corrected chi connectivity index (χ0v) is 12.3. The molecule has 0 N–H and O–H groups in total. The lowest BCUT2D eigenvalue weighted by Gasteiger charge is -2.14. The fraction of sp³-hybridized carbons (Fsp3) is 0.250. The molecule has 2 rings (SSSR count). The highest BCUT2D eigenvalue weighted by Crippen LogP contribution is 2.30. The number of rotatable bonds is 4. The number of hydrogen-bond acceptors (Lipinski definition) is 1. The molecule has 0 spiro atoms. The molecule has 0 atom stereocenters. The number of hydrogen-bond donors (Lipinski definition) is 0. The van der Waals surface area contributed by atoms with Crippen LogP contribution in [0.1, 0.15) is 30.9 Å². The number of benzene rings is 2. The van der Waals surface area contributed by atoms with E-state index in [0.717, 1.165) is 10.2 Å². The summed E-state index contributed by atoms with van der Waals surface area (Å²) >= 11 is 3.51. The molecule has 0 radical (unpaired) electrons. The minimum atomic E-state index is 0.452. The van der Waals surface area contributed by atoms with Crippen LogP contribution in [0, 0.1) is 0 Å². The molecule has 0 unspecified atom stereocenters. The highest BCUT2D eigenvalue weighted by molar-refractivity contribution is 9.10. The highest BCUT2D eigenvalue weighted by atomic mass is 79.9. The maximum Gasteiger partial charge on any atom is 0.123 e. The Balaban J connectivity index is 2.14. The van der Waals surface area contributed by atoms with Crippen LogP contribution in [0.2, 0.25) is 0 Å². The van der Waals surface area contributed by atoms with E-state index in [0.29, 0.717) is 12.5 Å². The standard InChI is InChI=1S/C16H17BrO/c1-12(2)15-10-14(17)8-9-16(15)18-11-13-6-4-3-5-7-13/h3-10,12H,11H2,1-2H3. The van der Waals surface area contributed by atoms with Crippen LogP contribution >= 0.6 is 15.9 Å². The quantitative estimate of drug-likeness (QED) is 0.759. The summed E-state index contributed by atoms with van der Waals surface area (Å²) in [6.07, 6.45) is 0. The van der Waals surface area contributed by atoms with Crippen LogP contribution in [-0.2, 0) is 6.61 Å². The average Bonchev–Trinajstić information content (AvgIpc) is 2.38. The molecule has 0 aliphatic rings. The van der Waals surface area contributed by atoms with Gasteiger partial charge in [0.25, 0.3) is 0 Å². The first-order valence-electron chi connectivity index (χ1n) is 6.13. The van der Waals surface area contributed by atoms with E-state index >= 15 is 0 Å². The average molecular weight is 305 g/mol. The van der Waals surface area contributed by atoms with E-state index in [1.165, 1.54) is 11.1 Å². The van der Waals surface area contributed by atoms with Crippen molar-refractivity contribution in [3.63, 3.8) is 0 Å². The fourth-order valence-electron chi connectivity index (χ4n) is 1.84. The lowest BCUT2D eigenvalue weighted by Crippen LogP contribution is -1.99. The Kier molecular flexibility index (Phi) is 4.43. The van der Waals surface area contributed by atoms with Gasteiger partial charge in [-0.2, -0.15) is 0 Å². The van der Waals surface area contributed by atoms with E-state index in [1.54, 1.807) is 0 Å². The summed E-state index contributed by atoms with van der Waals surface area (Å²) < 4.78 is 7.01. The summed E-state index contributed by atoms with van der Waals surface area (Å²) in [4.78, 5) is 0. The normalized spacial score (nSPS) is 10.7. The maximum atomic E-state index is 5.92. The number of halogens is 1. The monoisotopic (exact) mass is 304 g/mol. The molecular formula is C16H17BrO. The minimum absolute atomic E-state index is 0.452. The van der Waals surface area contributed by atoms with Crippen LogP contribution in [0.3, 0.4) is 0 Å². The predicted octanol–water partition coefficient (Wildman–Crippen LogP) is 5.15. The molecular weight excluding hydrogens is 288 g/mol. The molecule has 94 valence electrons. The Morgan fingerprint density at radius 3 is 2.44 bits per heavy atom. The van der Waals surface area contributed by atoms with E-state index in [2.05, 4.69) is 48.0 Å². The summed E-state index contributed by atoms with van der Waals surface area (Å²) in [5.41, 5.74) is 2.43. The Labute approximate surface area is 117 Å². The van der Waals surface area contributed by atoms with Gasteiger partial charge in [0.05, 0.1) is 0 Å². The summed E-state index contributed by atoms with van der Waals surface area (Å²) in [7, 11) is 0. The Morgan fingerprint density at radius 2 is 1.78 bits per heavy atom. The highest BCUT2D eigenvalue weighted by Gasteiger charge is 2.08. The topological polar surface area (TPSA) is 9.23 Å². The lowest BCUT2D eigenvalue weighted by atomic mass is 10.0. The molecule has 0 aliphatic heterocycles. The van der Waals surface area contributed by atoms with E-state index in [-0.39, 0.29) is 0 Å². The molecule has 0 saturated heterocycles. The first-order chi connectivity index (χ1) is 8.66. The van der Waals surface area contributed by atoms with Crippen molar-refractivity contribution in [1.82, 2.24) is 0 Å². The van der Waals surface area contributed by atoms with Gasteiger partial charge >= 0.3 is 0 Å². The van der Waals surface area contributed by atoms with Gasteiger partial charge in [-0.15, -0.1) is 0 Å². The van der Waals surface area contributed by atoms with Crippen LogP contribution in [0.15, 0.2) is 53.0 Å². The van der Waals surface area contributed by atoms with E-state index in [4.69, 9.17) is 4.74 Å². The van der Waals surface area contributed by atoms with Gasteiger partial charge in [-0.1, -0.05) is 60.1 Å². The second-order valence-electron chi connectivity index (χ2n) is 4.61. The van der Waals surface area contributed by atoms with Gasteiger partial charge < -0.3 is 4.74 Å². The fourth-order valence-corrected chi connectivity index (χ4v) is 2.22. The van der Waals surface area contributed by atoms with Crippen LogP contribution < -0.4 is 4.74 Å². The summed E-state index contributed by atoms with van der Waals surface area (Å²) in [5.74, 6) is 1.42. The van der Waals surface area contributed by atoms with Crippen molar-refractivity contribution in [2.75, 3.05) is 0 Å². The Hall–Kier alpha value is -1.28. The van der Waals surface area contributed by atoms with Crippen molar-refractivity contribution in [3.05, 3.63) is 64.1 Å². The maximum absolute atomic E-state index is 5.92. The Morgan fingerprint density at radius 1 is 1.06 bits per heavy atom. The minimum Gasteiger partial charge on any atom is -0.489 e. The summed E-state index contributed by atoms with van der Waals surface area (Å²) in [6.45, 7) is 4.97. The third-order valence-electron chi connectivity index (χ3n) is 2.83. The van der Waals surface area contributed by atoms with Crippen molar-refractivity contribution < 1.29 is 4.74 Å². The van der Waals surface area contributed by atoms with E-state index < -0.39 is 0 Å². The zero-order valence-electron chi connectivity index (χ0n) is 10.7. The van der Waals surface area contributed by atoms with Crippen LogP contribution in [0.4, 0.5) is 0 Å². The molecule has 2 heteroatoms. The van der Waals surface area contributed by atoms with Crippen LogP contribution in [0.5, 0.6) is 5.75 Å². The van der Waals surface area contributed by atoms with Gasteiger partial charge in [-0.05, 0) is 35.2 Å². The zero-order chi connectivity index (χ0) is 13.0. The molecule has 0 heterocycles. The third kappa shape index (κ3) is 3.36.